The summed E-state index contributed by atoms with van der Waals surface area (Å²) in [5, 5.41) is 3.72. The molecule has 0 fully saturated rings. The summed E-state index contributed by atoms with van der Waals surface area (Å²) in [6.45, 7) is -0.756. The molecule has 0 radical (unpaired) electrons. The Morgan fingerprint density at radius 3 is 2.48 bits per heavy atom. The number of halogens is 1. The summed E-state index contributed by atoms with van der Waals surface area (Å²) in [5.41, 5.74) is 2.22. The zero-order valence-corrected chi connectivity index (χ0v) is 15.2. The van der Waals surface area contributed by atoms with E-state index < -0.39 is 34.2 Å². The molecule has 0 saturated heterocycles. The highest BCUT2D eigenvalue weighted by molar-refractivity contribution is 7.90. The zero-order valence-electron chi connectivity index (χ0n) is 13.6. The van der Waals surface area contributed by atoms with Gasteiger partial charge in [0.15, 0.2) is 0 Å². The standard InChI is InChI=1S/C17H12ClN3O5S/c18-13-7-3-1-5-11(13)14(22)9-19-20-16(23)10-21-17(24)12-6-2-4-8-15(12)27(21,25)26/h1-9H,10H2,(H,20,23)/b19-9+. The van der Waals surface area contributed by atoms with Gasteiger partial charge in [0.25, 0.3) is 21.8 Å². The molecule has 1 N–H and O–H groups in total. The van der Waals surface area contributed by atoms with Crippen LogP contribution in [-0.2, 0) is 14.8 Å². The Balaban J connectivity index is 1.66. The number of sulfonamides is 1. The van der Waals surface area contributed by atoms with Crippen molar-refractivity contribution < 1.29 is 22.8 Å². The van der Waals surface area contributed by atoms with Crippen LogP contribution in [0.25, 0.3) is 0 Å². The molecular weight excluding hydrogens is 394 g/mol. The molecule has 8 nitrogen and oxygen atoms in total. The molecule has 0 aliphatic carbocycles. The van der Waals surface area contributed by atoms with Gasteiger partial charge in [-0.3, -0.25) is 14.4 Å². The van der Waals surface area contributed by atoms with Crippen molar-refractivity contribution in [1.82, 2.24) is 9.73 Å². The fourth-order valence-corrected chi connectivity index (χ4v) is 4.20. The van der Waals surface area contributed by atoms with Gasteiger partial charge < -0.3 is 0 Å². The van der Waals surface area contributed by atoms with Gasteiger partial charge in [0.05, 0.1) is 16.8 Å². The molecule has 0 unspecified atom stereocenters. The molecule has 1 aliphatic heterocycles. The topological polar surface area (TPSA) is 113 Å². The van der Waals surface area contributed by atoms with Gasteiger partial charge in [0.2, 0.25) is 5.78 Å². The van der Waals surface area contributed by atoms with Crippen LogP contribution >= 0.6 is 11.6 Å². The maximum absolute atomic E-state index is 12.4. The number of benzene rings is 2. The number of amides is 2. The number of hydrogen-bond acceptors (Lipinski definition) is 6. The third-order valence-corrected chi connectivity index (χ3v) is 5.83. The fraction of sp³-hybridized carbons (Fsp3) is 0.0588. The maximum atomic E-state index is 12.4. The van der Waals surface area contributed by atoms with E-state index in [9.17, 15) is 22.8 Å². The van der Waals surface area contributed by atoms with Crippen LogP contribution in [0.5, 0.6) is 0 Å². The van der Waals surface area contributed by atoms with Crippen molar-refractivity contribution in [2.45, 2.75) is 4.90 Å². The molecule has 2 aromatic rings. The lowest BCUT2D eigenvalue weighted by Crippen LogP contribution is -2.39. The Bertz CT molecular complexity index is 1080. The summed E-state index contributed by atoms with van der Waals surface area (Å²) < 4.78 is 25.2. The van der Waals surface area contributed by atoms with Crippen molar-refractivity contribution in [3.05, 3.63) is 64.7 Å². The molecular formula is C17H12ClN3O5S. The minimum Gasteiger partial charge on any atom is -0.287 e. The molecule has 0 atom stereocenters. The number of ketones is 1. The highest BCUT2D eigenvalue weighted by Crippen LogP contribution is 2.29. The Labute approximate surface area is 159 Å². The predicted octanol–water partition coefficient (Wildman–Crippen LogP) is 1.47. The molecule has 0 spiro atoms. The van der Waals surface area contributed by atoms with Crippen molar-refractivity contribution in [1.29, 1.82) is 0 Å². The van der Waals surface area contributed by atoms with E-state index in [-0.39, 0.29) is 21.0 Å². The van der Waals surface area contributed by atoms with Gasteiger partial charge in [-0.2, -0.15) is 5.10 Å². The van der Waals surface area contributed by atoms with E-state index >= 15 is 0 Å². The number of rotatable bonds is 5. The molecule has 2 aromatic carbocycles. The molecule has 1 heterocycles. The van der Waals surface area contributed by atoms with Gasteiger partial charge in [0.1, 0.15) is 11.4 Å². The van der Waals surface area contributed by atoms with E-state index in [0.717, 1.165) is 6.21 Å². The van der Waals surface area contributed by atoms with Crippen molar-refractivity contribution in [3.63, 3.8) is 0 Å². The quantitative estimate of drug-likeness (QED) is 0.459. The van der Waals surface area contributed by atoms with E-state index in [1.165, 1.54) is 36.4 Å². The number of hydrogen-bond donors (Lipinski definition) is 1. The summed E-state index contributed by atoms with van der Waals surface area (Å²) >= 11 is 5.88. The minimum absolute atomic E-state index is 0.00250. The van der Waals surface area contributed by atoms with Crippen molar-refractivity contribution in [2.24, 2.45) is 5.10 Å². The average molecular weight is 406 g/mol. The second kappa shape index (κ2) is 7.29. The molecule has 2 amide bonds. The smallest absolute Gasteiger partial charge is 0.269 e. The van der Waals surface area contributed by atoms with Gasteiger partial charge in [-0.25, -0.2) is 18.1 Å². The van der Waals surface area contributed by atoms with Crippen molar-refractivity contribution in [2.75, 3.05) is 6.54 Å². The van der Waals surface area contributed by atoms with Crippen LogP contribution < -0.4 is 5.43 Å². The molecule has 27 heavy (non-hydrogen) atoms. The van der Waals surface area contributed by atoms with Crippen LogP contribution in [0.15, 0.2) is 58.5 Å². The SMILES string of the molecule is O=C(CN1C(=O)c2ccccc2S1(=O)=O)N/N=C/C(=O)c1ccccc1Cl. The van der Waals surface area contributed by atoms with Gasteiger partial charge in [-0.15, -0.1) is 0 Å². The van der Waals surface area contributed by atoms with Crippen molar-refractivity contribution in [3.8, 4) is 0 Å². The van der Waals surface area contributed by atoms with Crippen LogP contribution in [-0.4, -0.2) is 43.1 Å². The largest absolute Gasteiger partial charge is 0.287 e. The number of Topliss-reactive ketones (excluding diaryl/α,β-unsaturated/α-hetero) is 1. The number of fused-ring (bicyclic) bond motifs is 1. The first-order valence-corrected chi connectivity index (χ1v) is 9.41. The van der Waals surface area contributed by atoms with Crippen LogP contribution in [0.2, 0.25) is 5.02 Å². The normalized spacial score (nSPS) is 15.0. The molecule has 138 valence electrons. The van der Waals surface area contributed by atoms with Gasteiger partial charge >= 0.3 is 0 Å². The third kappa shape index (κ3) is 3.60. The number of nitrogens with one attached hydrogen (secondary N) is 1. The van der Waals surface area contributed by atoms with E-state index in [2.05, 4.69) is 5.10 Å². The molecule has 3 rings (SSSR count). The first kappa shape index (κ1) is 18.7. The lowest BCUT2D eigenvalue weighted by atomic mass is 10.1. The third-order valence-electron chi connectivity index (χ3n) is 3.71. The minimum atomic E-state index is -4.09. The van der Waals surface area contributed by atoms with Crippen LogP contribution in [0.4, 0.5) is 0 Å². The summed E-state index contributed by atoms with van der Waals surface area (Å²) in [5.74, 6) is -2.21. The molecule has 0 bridgehead atoms. The second-order valence-electron chi connectivity index (χ2n) is 5.45. The van der Waals surface area contributed by atoms with E-state index in [0.29, 0.717) is 4.31 Å². The lowest BCUT2D eigenvalue weighted by Gasteiger charge is -2.13. The first-order chi connectivity index (χ1) is 12.8. The van der Waals surface area contributed by atoms with Gasteiger partial charge in [0, 0.05) is 5.56 Å². The monoisotopic (exact) mass is 405 g/mol. The van der Waals surface area contributed by atoms with Crippen LogP contribution in [0.3, 0.4) is 0 Å². The molecule has 10 heteroatoms. The average Bonchev–Trinajstić information content (AvgIpc) is 2.83. The predicted molar refractivity (Wildman–Crippen MR) is 97.1 cm³/mol. The summed E-state index contributed by atoms with van der Waals surface area (Å²) in [7, 11) is -4.09. The maximum Gasteiger partial charge on any atom is 0.269 e. The number of hydrazone groups is 1. The summed E-state index contributed by atoms with van der Waals surface area (Å²) in [6.07, 6.45) is 0.841. The number of carbonyl (C=O) groups excluding carboxylic acids is 3. The van der Waals surface area contributed by atoms with Gasteiger partial charge in [-0.1, -0.05) is 35.9 Å². The fourth-order valence-electron chi connectivity index (χ4n) is 2.45. The Hall–Kier alpha value is -3.04. The van der Waals surface area contributed by atoms with E-state index in [1.807, 2.05) is 5.43 Å². The Kier molecular flexibility index (Phi) is 5.06. The highest BCUT2D eigenvalue weighted by atomic mass is 35.5. The molecule has 1 aliphatic rings. The zero-order chi connectivity index (χ0) is 19.6. The lowest BCUT2D eigenvalue weighted by molar-refractivity contribution is -0.121. The second-order valence-corrected chi connectivity index (χ2v) is 7.69. The summed E-state index contributed by atoms with van der Waals surface area (Å²) in [4.78, 5) is 36.0. The van der Waals surface area contributed by atoms with E-state index in [4.69, 9.17) is 11.6 Å². The van der Waals surface area contributed by atoms with Gasteiger partial charge in [-0.05, 0) is 24.3 Å². The van der Waals surface area contributed by atoms with Crippen LogP contribution in [0, 0.1) is 0 Å². The first-order valence-electron chi connectivity index (χ1n) is 7.59. The summed E-state index contributed by atoms with van der Waals surface area (Å²) in [6, 6.07) is 12.0. The van der Waals surface area contributed by atoms with Crippen LogP contribution in [0.1, 0.15) is 20.7 Å². The Morgan fingerprint density at radius 2 is 1.78 bits per heavy atom. The Morgan fingerprint density at radius 1 is 1.11 bits per heavy atom. The van der Waals surface area contributed by atoms with E-state index in [1.54, 1.807) is 12.1 Å². The molecule has 0 aromatic heterocycles. The number of nitrogens with zero attached hydrogens (tertiary/aromatic N) is 2. The molecule has 0 saturated carbocycles. The van der Waals surface area contributed by atoms with Crippen molar-refractivity contribution >= 4 is 45.4 Å². The highest BCUT2D eigenvalue weighted by Gasteiger charge is 2.41. The number of carbonyl (C=O) groups is 3.